The predicted octanol–water partition coefficient (Wildman–Crippen LogP) is 2.65. The first kappa shape index (κ1) is 14.7. The number of nitrogens with two attached hydrogens (primary N) is 1. The summed E-state index contributed by atoms with van der Waals surface area (Å²) >= 11 is 0. The largest absolute Gasteiger partial charge is 0.330 e. The third-order valence-electron chi connectivity index (χ3n) is 3.22. The molecule has 1 unspecified atom stereocenters. The van der Waals surface area contributed by atoms with Crippen LogP contribution in [-0.2, 0) is 0 Å². The van der Waals surface area contributed by atoms with E-state index in [1.54, 1.807) is 0 Å². The Morgan fingerprint density at radius 1 is 1.27 bits per heavy atom. The van der Waals surface area contributed by atoms with Crippen molar-refractivity contribution in [2.75, 3.05) is 19.6 Å². The third-order valence-corrected chi connectivity index (χ3v) is 3.22. The van der Waals surface area contributed by atoms with Crippen molar-refractivity contribution in [3.05, 3.63) is 12.7 Å². The van der Waals surface area contributed by atoms with E-state index in [4.69, 9.17) is 5.73 Å². The number of rotatable bonds is 6. The molecule has 0 aliphatic rings. The van der Waals surface area contributed by atoms with E-state index in [-0.39, 0.29) is 11.0 Å². The highest BCUT2D eigenvalue weighted by Gasteiger charge is 2.28. The lowest BCUT2D eigenvalue weighted by Gasteiger charge is -2.41. The lowest BCUT2D eigenvalue weighted by atomic mass is 9.85. The first-order chi connectivity index (χ1) is 6.79. The second kappa shape index (κ2) is 5.66. The average molecular weight is 212 g/mol. The predicted molar refractivity (Wildman–Crippen MR) is 69.0 cm³/mol. The summed E-state index contributed by atoms with van der Waals surface area (Å²) in [5, 5.41) is 0. The van der Waals surface area contributed by atoms with E-state index in [0.717, 1.165) is 26.1 Å². The molecule has 0 aromatic rings. The van der Waals surface area contributed by atoms with Gasteiger partial charge >= 0.3 is 0 Å². The van der Waals surface area contributed by atoms with Gasteiger partial charge in [-0.3, -0.25) is 4.90 Å². The van der Waals surface area contributed by atoms with Gasteiger partial charge in [0.25, 0.3) is 0 Å². The van der Waals surface area contributed by atoms with Gasteiger partial charge in [0.1, 0.15) is 0 Å². The zero-order valence-electron chi connectivity index (χ0n) is 11.1. The molecule has 0 heterocycles. The van der Waals surface area contributed by atoms with E-state index >= 15 is 0 Å². The van der Waals surface area contributed by atoms with Gasteiger partial charge in [0.2, 0.25) is 0 Å². The van der Waals surface area contributed by atoms with Crippen LogP contribution in [0, 0.1) is 5.41 Å². The minimum atomic E-state index is 0.180. The molecule has 0 saturated heterocycles. The number of nitrogens with zero attached hydrogens (tertiary/aromatic N) is 1. The molecule has 0 spiro atoms. The van der Waals surface area contributed by atoms with Crippen LogP contribution in [0.15, 0.2) is 12.7 Å². The fraction of sp³-hybridized carbons (Fsp3) is 0.846. The summed E-state index contributed by atoms with van der Waals surface area (Å²) in [5.74, 6) is 0. The van der Waals surface area contributed by atoms with Crippen molar-refractivity contribution in [2.24, 2.45) is 11.1 Å². The van der Waals surface area contributed by atoms with Gasteiger partial charge in [-0.1, -0.05) is 19.9 Å². The van der Waals surface area contributed by atoms with Crippen LogP contribution in [0.5, 0.6) is 0 Å². The molecule has 0 aliphatic carbocycles. The molecule has 0 radical (unpaired) electrons. The Labute approximate surface area is 95.5 Å². The Morgan fingerprint density at radius 3 is 2.07 bits per heavy atom. The van der Waals surface area contributed by atoms with Crippen molar-refractivity contribution in [1.82, 2.24) is 4.90 Å². The highest BCUT2D eigenvalue weighted by Crippen LogP contribution is 2.25. The summed E-state index contributed by atoms with van der Waals surface area (Å²) < 4.78 is 0. The molecule has 0 fully saturated rings. The van der Waals surface area contributed by atoms with Crippen LogP contribution in [-0.4, -0.2) is 30.1 Å². The molecule has 2 heteroatoms. The normalized spacial score (nSPS) is 16.5. The second-order valence-electron chi connectivity index (χ2n) is 5.71. The SMILES string of the molecule is C=CCN(CC(C)(CC)CN)C(C)(C)C. The van der Waals surface area contributed by atoms with Crippen LogP contribution < -0.4 is 5.73 Å². The second-order valence-corrected chi connectivity index (χ2v) is 5.71. The Kier molecular flexibility index (Phi) is 5.54. The Balaban J connectivity index is 4.59. The first-order valence-corrected chi connectivity index (χ1v) is 5.85. The summed E-state index contributed by atoms with van der Waals surface area (Å²) in [6.07, 6.45) is 3.09. The maximum atomic E-state index is 5.85. The van der Waals surface area contributed by atoms with E-state index < -0.39 is 0 Å². The lowest BCUT2D eigenvalue weighted by molar-refractivity contribution is 0.0908. The Morgan fingerprint density at radius 2 is 1.80 bits per heavy atom. The lowest BCUT2D eigenvalue weighted by Crippen LogP contribution is -2.49. The van der Waals surface area contributed by atoms with Crippen LogP contribution in [0.2, 0.25) is 0 Å². The van der Waals surface area contributed by atoms with Crippen LogP contribution >= 0.6 is 0 Å². The quantitative estimate of drug-likeness (QED) is 0.686. The third kappa shape index (κ3) is 4.80. The topological polar surface area (TPSA) is 29.3 Å². The summed E-state index contributed by atoms with van der Waals surface area (Å²) in [7, 11) is 0. The van der Waals surface area contributed by atoms with Crippen LogP contribution in [0.1, 0.15) is 41.0 Å². The van der Waals surface area contributed by atoms with Crippen molar-refractivity contribution < 1.29 is 0 Å². The molecule has 0 rings (SSSR count). The standard InChI is InChI=1S/C13H28N2/c1-7-9-15(12(3,4)5)11-13(6,8-2)10-14/h7H,1,8-11,14H2,2-6H3. The summed E-state index contributed by atoms with van der Waals surface area (Å²) in [5.41, 5.74) is 6.25. The van der Waals surface area contributed by atoms with E-state index in [2.05, 4.69) is 46.1 Å². The smallest absolute Gasteiger partial charge is 0.0166 e. The molecule has 1 atom stereocenters. The number of hydrogen-bond donors (Lipinski definition) is 1. The molecular weight excluding hydrogens is 184 g/mol. The van der Waals surface area contributed by atoms with Crippen molar-refractivity contribution in [3.8, 4) is 0 Å². The van der Waals surface area contributed by atoms with E-state index in [9.17, 15) is 0 Å². The van der Waals surface area contributed by atoms with Crippen molar-refractivity contribution in [3.63, 3.8) is 0 Å². The zero-order valence-corrected chi connectivity index (χ0v) is 11.1. The van der Waals surface area contributed by atoms with Crippen LogP contribution in [0.25, 0.3) is 0 Å². The molecule has 15 heavy (non-hydrogen) atoms. The molecule has 0 saturated carbocycles. The Bertz CT molecular complexity index is 187. The van der Waals surface area contributed by atoms with Gasteiger partial charge < -0.3 is 5.73 Å². The van der Waals surface area contributed by atoms with Gasteiger partial charge in [0.05, 0.1) is 0 Å². The first-order valence-electron chi connectivity index (χ1n) is 5.85. The molecule has 2 nitrogen and oxygen atoms in total. The molecule has 2 N–H and O–H groups in total. The summed E-state index contributed by atoms with van der Waals surface area (Å²) in [6.45, 7) is 17.7. The minimum Gasteiger partial charge on any atom is -0.330 e. The molecule has 0 amide bonds. The van der Waals surface area contributed by atoms with Crippen LogP contribution in [0.3, 0.4) is 0 Å². The van der Waals surface area contributed by atoms with Crippen molar-refractivity contribution in [2.45, 2.75) is 46.6 Å². The zero-order chi connectivity index (χ0) is 12.1. The fourth-order valence-corrected chi connectivity index (χ4v) is 1.51. The highest BCUT2D eigenvalue weighted by molar-refractivity contribution is 4.88. The van der Waals surface area contributed by atoms with Gasteiger partial charge in [0, 0.05) is 18.6 Å². The van der Waals surface area contributed by atoms with Crippen LogP contribution in [0.4, 0.5) is 0 Å². The van der Waals surface area contributed by atoms with Gasteiger partial charge in [-0.05, 0) is 39.2 Å². The molecule has 0 aromatic heterocycles. The number of hydrogen-bond acceptors (Lipinski definition) is 2. The maximum absolute atomic E-state index is 5.85. The molecule has 90 valence electrons. The maximum Gasteiger partial charge on any atom is 0.0166 e. The highest BCUT2D eigenvalue weighted by atomic mass is 15.2. The molecule has 0 bridgehead atoms. The average Bonchev–Trinajstić information content (AvgIpc) is 2.15. The van der Waals surface area contributed by atoms with E-state index in [1.165, 1.54) is 0 Å². The van der Waals surface area contributed by atoms with E-state index in [1.807, 2.05) is 6.08 Å². The molecule has 0 aromatic carbocycles. The van der Waals surface area contributed by atoms with Gasteiger partial charge in [0.15, 0.2) is 0 Å². The molecular formula is C13H28N2. The fourth-order valence-electron chi connectivity index (χ4n) is 1.51. The van der Waals surface area contributed by atoms with Gasteiger partial charge in [-0.2, -0.15) is 0 Å². The monoisotopic (exact) mass is 212 g/mol. The van der Waals surface area contributed by atoms with Crippen molar-refractivity contribution in [1.29, 1.82) is 0 Å². The minimum absolute atomic E-state index is 0.180. The van der Waals surface area contributed by atoms with E-state index in [0.29, 0.717) is 0 Å². The van der Waals surface area contributed by atoms with Crippen molar-refractivity contribution >= 4 is 0 Å². The van der Waals surface area contributed by atoms with Gasteiger partial charge in [-0.25, -0.2) is 0 Å². The Hall–Kier alpha value is -0.340. The molecule has 0 aliphatic heterocycles. The summed E-state index contributed by atoms with van der Waals surface area (Å²) in [4.78, 5) is 2.44. The van der Waals surface area contributed by atoms with Gasteiger partial charge in [-0.15, -0.1) is 6.58 Å². The summed E-state index contributed by atoms with van der Waals surface area (Å²) in [6, 6.07) is 0.